The quantitative estimate of drug-likeness (QED) is 0.407. The fraction of sp³-hybridized carbons (Fsp3) is 0. The molecule has 0 aliphatic carbocycles. The van der Waals surface area contributed by atoms with Gasteiger partial charge >= 0.3 is 0 Å². The lowest BCUT2D eigenvalue weighted by Gasteiger charge is -2.06. The Balaban J connectivity index is 1.87. The average Bonchev–Trinajstić information content (AvgIpc) is 3.17. The van der Waals surface area contributed by atoms with Crippen molar-refractivity contribution in [3.8, 4) is 17.1 Å². The van der Waals surface area contributed by atoms with E-state index < -0.39 is 16.4 Å². The molecular formula is C13H8N5O4-. The summed E-state index contributed by atoms with van der Waals surface area (Å²) >= 11 is 0. The first kappa shape index (κ1) is 13.5. The number of nitro benzene ring substituents is 1. The van der Waals surface area contributed by atoms with Gasteiger partial charge < -0.3 is 9.52 Å². The Hall–Kier alpha value is -3.49. The number of nitrogens with zero attached hydrogens (tertiary/aromatic N) is 5. The zero-order valence-corrected chi connectivity index (χ0v) is 11.0. The molecule has 0 bridgehead atoms. The van der Waals surface area contributed by atoms with Crippen LogP contribution in [0.2, 0.25) is 0 Å². The molecule has 0 fully saturated rings. The fourth-order valence-electron chi connectivity index (χ4n) is 1.77. The van der Waals surface area contributed by atoms with E-state index in [2.05, 4.69) is 15.3 Å². The predicted octanol–water partition coefficient (Wildman–Crippen LogP) is 1.40. The molecule has 0 amide bonds. The number of benzene rings is 1. The van der Waals surface area contributed by atoms with Gasteiger partial charge in [0.15, 0.2) is 0 Å². The molecule has 0 unspecified atom stereocenters. The van der Waals surface area contributed by atoms with Crippen molar-refractivity contribution >= 4 is 11.9 Å². The van der Waals surface area contributed by atoms with Crippen molar-refractivity contribution < 1.29 is 14.4 Å². The van der Waals surface area contributed by atoms with E-state index in [1.807, 2.05) is 0 Å². The topological polar surface area (TPSA) is 122 Å². The van der Waals surface area contributed by atoms with Crippen LogP contribution in [-0.4, -0.2) is 26.0 Å². The summed E-state index contributed by atoms with van der Waals surface area (Å²) in [6.07, 6.45) is 4.27. The van der Waals surface area contributed by atoms with E-state index in [1.54, 1.807) is 12.1 Å². The largest absolute Gasteiger partial charge is 0.868 e. The highest BCUT2D eigenvalue weighted by Gasteiger charge is 2.11. The highest BCUT2D eigenvalue weighted by molar-refractivity contribution is 5.77. The molecule has 2 heterocycles. The third-order valence-corrected chi connectivity index (χ3v) is 2.79. The molecule has 2 aromatic heterocycles. The Morgan fingerprint density at radius 3 is 2.73 bits per heavy atom. The van der Waals surface area contributed by atoms with Gasteiger partial charge in [0, 0.05) is 11.6 Å². The summed E-state index contributed by atoms with van der Waals surface area (Å²) in [6, 6.07) is 7.08. The minimum atomic E-state index is -0.719. The van der Waals surface area contributed by atoms with Gasteiger partial charge in [-0.3, -0.25) is 10.1 Å². The first-order chi connectivity index (χ1) is 10.6. The Labute approximate surface area is 123 Å². The van der Waals surface area contributed by atoms with E-state index in [1.165, 1.54) is 35.7 Å². The van der Waals surface area contributed by atoms with Gasteiger partial charge in [-0.1, -0.05) is 12.1 Å². The Kier molecular flexibility index (Phi) is 3.36. The van der Waals surface area contributed by atoms with Crippen LogP contribution in [0.15, 0.2) is 52.5 Å². The molecule has 22 heavy (non-hydrogen) atoms. The van der Waals surface area contributed by atoms with Crippen molar-refractivity contribution in [2.24, 2.45) is 5.10 Å². The Bertz CT molecular complexity index is 838. The van der Waals surface area contributed by atoms with Gasteiger partial charge in [0.2, 0.25) is 0 Å². The number of furan rings is 1. The van der Waals surface area contributed by atoms with Crippen LogP contribution in [-0.2, 0) is 0 Å². The van der Waals surface area contributed by atoms with Gasteiger partial charge in [-0.2, -0.15) is 5.10 Å². The standard InChI is InChI=1S/C13H9N5O4/c19-12-3-1-9(5-11(12)18(20)21)13-4-2-10(22-13)6-16-17-7-14-15-8-17/h1-8,19H/p-1/b16-6+. The van der Waals surface area contributed by atoms with Crippen LogP contribution in [0.5, 0.6) is 5.75 Å². The molecule has 9 nitrogen and oxygen atoms in total. The number of aromatic nitrogens is 3. The van der Waals surface area contributed by atoms with E-state index in [9.17, 15) is 15.2 Å². The molecule has 3 aromatic rings. The molecule has 0 aliphatic rings. The van der Waals surface area contributed by atoms with Crippen LogP contribution in [0, 0.1) is 10.1 Å². The normalized spacial score (nSPS) is 11.1. The zero-order valence-electron chi connectivity index (χ0n) is 11.0. The van der Waals surface area contributed by atoms with Crippen LogP contribution in [0.1, 0.15) is 5.76 Å². The molecule has 0 saturated heterocycles. The lowest BCUT2D eigenvalue weighted by atomic mass is 10.1. The molecule has 0 atom stereocenters. The molecule has 9 heteroatoms. The van der Waals surface area contributed by atoms with E-state index in [0.29, 0.717) is 17.1 Å². The van der Waals surface area contributed by atoms with E-state index in [4.69, 9.17) is 4.42 Å². The van der Waals surface area contributed by atoms with Crippen molar-refractivity contribution in [2.45, 2.75) is 0 Å². The minimum absolute atomic E-state index is 0.397. The smallest absolute Gasteiger partial charge is 0.262 e. The van der Waals surface area contributed by atoms with Crippen LogP contribution in [0.4, 0.5) is 5.69 Å². The van der Waals surface area contributed by atoms with Crippen molar-refractivity contribution in [1.29, 1.82) is 0 Å². The first-order valence-electron chi connectivity index (χ1n) is 6.08. The summed E-state index contributed by atoms with van der Waals surface area (Å²) in [7, 11) is 0. The highest BCUT2D eigenvalue weighted by atomic mass is 16.6. The van der Waals surface area contributed by atoms with E-state index >= 15 is 0 Å². The van der Waals surface area contributed by atoms with Crippen LogP contribution in [0.3, 0.4) is 0 Å². The summed E-state index contributed by atoms with van der Waals surface area (Å²) in [4.78, 5) is 10.1. The lowest BCUT2D eigenvalue weighted by molar-refractivity contribution is -0.398. The zero-order chi connectivity index (χ0) is 15.5. The second-order valence-corrected chi connectivity index (χ2v) is 4.23. The minimum Gasteiger partial charge on any atom is -0.868 e. The van der Waals surface area contributed by atoms with Gasteiger partial charge in [0.1, 0.15) is 24.2 Å². The van der Waals surface area contributed by atoms with Crippen LogP contribution in [0.25, 0.3) is 11.3 Å². The van der Waals surface area contributed by atoms with Gasteiger partial charge in [-0.05, 0) is 17.9 Å². The maximum Gasteiger partial charge on any atom is 0.262 e. The number of rotatable bonds is 4. The number of nitro groups is 1. The fourth-order valence-corrected chi connectivity index (χ4v) is 1.77. The lowest BCUT2D eigenvalue weighted by Crippen LogP contribution is -1.97. The first-order valence-corrected chi connectivity index (χ1v) is 6.08. The third kappa shape index (κ3) is 2.68. The molecule has 3 rings (SSSR count). The summed E-state index contributed by atoms with van der Waals surface area (Å²) in [5.41, 5.74) is -0.0520. The van der Waals surface area contributed by atoms with Crippen molar-refractivity contribution in [3.05, 3.63) is 58.9 Å². The third-order valence-electron chi connectivity index (χ3n) is 2.79. The van der Waals surface area contributed by atoms with E-state index in [0.717, 1.165) is 6.07 Å². The monoisotopic (exact) mass is 298 g/mol. The van der Waals surface area contributed by atoms with E-state index in [-0.39, 0.29) is 0 Å². The molecule has 0 aliphatic heterocycles. The van der Waals surface area contributed by atoms with Crippen LogP contribution >= 0.6 is 0 Å². The van der Waals surface area contributed by atoms with Crippen molar-refractivity contribution in [2.75, 3.05) is 0 Å². The average molecular weight is 298 g/mol. The predicted molar refractivity (Wildman–Crippen MR) is 73.3 cm³/mol. The SMILES string of the molecule is O=[N+]([O-])c1cc(-c2ccc(/C=N/n3cnnc3)o2)ccc1[O-]. The maximum atomic E-state index is 11.4. The van der Waals surface area contributed by atoms with Gasteiger partial charge in [-0.15, -0.1) is 10.2 Å². The number of hydrogen-bond donors (Lipinski definition) is 0. The van der Waals surface area contributed by atoms with Gasteiger partial charge in [-0.25, -0.2) is 4.68 Å². The van der Waals surface area contributed by atoms with Crippen molar-refractivity contribution in [3.63, 3.8) is 0 Å². The number of hydrogen-bond acceptors (Lipinski definition) is 7. The van der Waals surface area contributed by atoms with Crippen LogP contribution < -0.4 is 5.11 Å². The highest BCUT2D eigenvalue weighted by Crippen LogP contribution is 2.30. The summed E-state index contributed by atoms with van der Waals surface area (Å²) in [5, 5.41) is 33.4. The van der Waals surface area contributed by atoms with Gasteiger partial charge in [0.25, 0.3) is 5.69 Å². The molecule has 0 saturated carbocycles. The maximum absolute atomic E-state index is 11.4. The second kappa shape index (κ2) is 5.48. The molecular weight excluding hydrogens is 290 g/mol. The van der Waals surface area contributed by atoms with Crippen molar-refractivity contribution in [1.82, 2.24) is 14.9 Å². The summed E-state index contributed by atoms with van der Waals surface area (Å²) in [6.45, 7) is 0. The molecule has 110 valence electrons. The molecule has 1 aromatic carbocycles. The summed E-state index contributed by atoms with van der Waals surface area (Å²) in [5.74, 6) is 0.195. The summed E-state index contributed by atoms with van der Waals surface area (Å²) < 4.78 is 6.90. The molecule has 0 spiro atoms. The second-order valence-electron chi connectivity index (χ2n) is 4.23. The Morgan fingerprint density at radius 2 is 2.00 bits per heavy atom. The van der Waals surface area contributed by atoms with Gasteiger partial charge in [0.05, 0.1) is 11.1 Å². The molecule has 0 radical (unpaired) electrons. The Morgan fingerprint density at radius 1 is 1.23 bits per heavy atom. The molecule has 0 N–H and O–H groups in total.